The fourth-order valence-electron chi connectivity index (χ4n) is 3.09. The number of rotatable bonds is 1. The quantitative estimate of drug-likeness (QED) is 0.721. The Hall–Kier alpha value is -0.795. The van der Waals surface area contributed by atoms with Crippen LogP contribution >= 0.6 is 0 Å². The van der Waals surface area contributed by atoms with Gasteiger partial charge in [-0.3, -0.25) is 0 Å². The molecule has 0 amide bonds. The van der Waals surface area contributed by atoms with Crippen LogP contribution in [0, 0.1) is 6.92 Å². The predicted molar refractivity (Wildman–Crippen MR) is 78.9 cm³/mol. The summed E-state index contributed by atoms with van der Waals surface area (Å²) in [5.74, 6) is 0. The van der Waals surface area contributed by atoms with Crippen LogP contribution in [-0.4, -0.2) is 18.3 Å². The molecule has 1 aromatic carbocycles. The largest absolute Gasteiger partial charge is 0.495 e. The van der Waals surface area contributed by atoms with Crippen LogP contribution in [0.1, 0.15) is 50.8 Å². The number of aryl methyl sites for hydroxylation is 1. The van der Waals surface area contributed by atoms with Crippen molar-refractivity contribution in [3.63, 3.8) is 0 Å². The maximum Gasteiger partial charge on any atom is 0.495 e. The van der Waals surface area contributed by atoms with E-state index in [1.54, 1.807) is 0 Å². The minimum atomic E-state index is -0.261. The first-order valence-electron chi connectivity index (χ1n) is 7.29. The van der Waals surface area contributed by atoms with Gasteiger partial charge in [0.1, 0.15) is 0 Å². The molecule has 1 aliphatic heterocycles. The van der Waals surface area contributed by atoms with Crippen LogP contribution in [0.4, 0.5) is 0 Å². The van der Waals surface area contributed by atoms with Crippen molar-refractivity contribution in [2.75, 3.05) is 0 Å². The normalized spacial score (nSPS) is 23.7. The summed E-state index contributed by atoms with van der Waals surface area (Å²) in [6, 6.07) is 4.46. The highest BCUT2D eigenvalue weighted by atomic mass is 16.7. The van der Waals surface area contributed by atoms with Gasteiger partial charge < -0.3 is 9.31 Å². The zero-order valence-corrected chi connectivity index (χ0v) is 12.7. The van der Waals surface area contributed by atoms with Crippen LogP contribution in [-0.2, 0) is 22.2 Å². The molecule has 1 aliphatic carbocycles. The molecule has 0 unspecified atom stereocenters. The second-order valence-corrected chi connectivity index (χ2v) is 6.86. The van der Waals surface area contributed by atoms with Gasteiger partial charge in [0.25, 0.3) is 0 Å². The number of benzene rings is 1. The van der Waals surface area contributed by atoms with Gasteiger partial charge in [-0.15, -0.1) is 0 Å². The van der Waals surface area contributed by atoms with Gasteiger partial charge in [-0.25, -0.2) is 0 Å². The third-order valence-corrected chi connectivity index (χ3v) is 5.12. The summed E-state index contributed by atoms with van der Waals surface area (Å²) in [5, 5.41) is 0. The van der Waals surface area contributed by atoms with Crippen molar-refractivity contribution >= 4 is 12.6 Å². The minimum Gasteiger partial charge on any atom is -0.399 e. The summed E-state index contributed by atoms with van der Waals surface area (Å²) in [7, 11) is -0.226. The van der Waals surface area contributed by atoms with Crippen molar-refractivity contribution in [1.82, 2.24) is 0 Å². The molecule has 0 N–H and O–H groups in total. The van der Waals surface area contributed by atoms with E-state index in [1.165, 1.54) is 41.4 Å². The summed E-state index contributed by atoms with van der Waals surface area (Å²) in [4.78, 5) is 0. The van der Waals surface area contributed by atoms with Crippen molar-refractivity contribution in [2.24, 2.45) is 0 Å². The lowest BCUT2D eigenvalue weighted by Crippen LogP contribution is -2.41. The monoisotopic (exact) mass is 258 g/mol. The lowest BCUT2D eigenvalue weighted by molar-refractivity contribution is 0.00578. The summed E-state index contributed by atoms with van der Waals surface area (Å²) in [6.45, 7) is 10.6. The van der Waals surface area contributed by atoms with Crippen LogP contribution in [0.3, 0.4) is 0 Å². The van der Waals surface area contributed by atoms with E-state index in [1.807, 2.05) is 0 Å². The fourth-order valence-corrected chi connectivity index (χ4v) is 3.09. The average molecular weight is 258 g/mol. The highest BCUT2D eigenvalue weighted by Crippen LogP contribution is 2.37. The molecule has 1 aromatic rings. The molecule has 102 valence electrons. The van der Waals surface area contributed by atoms with Gasteiger partial charge in [0.05, 0.1) is 11.2 Å². The third-order valence-electron chi connectivity index (χ3n) is 5.12. The predicted octanol–water partition coefficient (Wildman–Crippen LogP) is 2.78. The molecule has 0 bridgehead atoms. The first-order valence-corrected chi connectivity index (χ1v) is 7.29. The summed E-state index contributed by atoms with van der Waals surface area (Å²) >= 11 is 0. The Labute approximate surface area is 116 Å². The second-order valence-electron chi connectivity index (χ2n) is 6.86. The molecule has 1 heterocycles. The van der Waals surface area contributed by atoms with Gasteiger partial charge in [0.15, 0.2) is 0 Å². The highest BCUT2D eigenvalue weighted by Gasteiger charge is 2.52. The van der Waals surface area contributed by atoms with Crippen LogP contribution in [0.5, 0.6) is 0 Å². The molecule has 19 heavy (non-hydrogen) atoms. The molecule has 2 aliphatic rings. The molecule has 0 spiro atoms. The lowest BCUT2D eigenvalue weighted by atomic mass is 9.74. The summed E-state index contributed by atoms with van der Waals surface area (Å²) in [5.41, 5.74) is 5.09. The van der Waals surface area contributed by atoms with Gasteiger partial charge in [-0.1, -0.05) is 12.1 Å². The molecular formula is C16H23BO2. The highest BCUT2D eigenvalue weighted by molar-refractivity contribution is 6.62. The second kappa shape index (κ2) is 4.10. The van der Waals surface area contributed by atoms with E-state index >= 15 is 0 Å². The van der Waals surface area contributed by atoms with Crippen molar-refractivity contribution in [2.45, 2.75) is 65.1 Å². The van der Waals surface area contributed by atoms with Crippen molar-refractivity contribution in [3.8, 4) is 0 Å². The molecule has 1 saturated heterocycles. The molecule has 2 nitrogen and oxygen atoms in total. The van der Waals surface area contributed by atoms with E-state index in [4.69, 9.17) is 9.31 Å². The Balaban J connectivity index is 1.97. The standard InChI is InChI=1S/C16H23BO2/c1-11-13-8-6-7-12(13)9-10-14(11)17-18-15(2,3)16(4,5)19-17/h9-10H,6-8H2,1-5H3. The maximum atomic E-state index is 6.17. The fraction of sp³-hybridized carbons (Fsp3) is 0.625. The van der Waals surface area contributed by atoms with E-state index in [2.05, 4.69) is 46.8 Å². The maximum absolute atomic E-state index is 6.17. The number of hydrogen-bond donors (Lipinski definition) is 0. The van der Waals surface area contributed by atoms with E-state index in [0.29, 0.717) is 0 Å². The van der Waals surface area contributed by atoms with E-state index < -0.39 is 0 Å². The smallest absolute Gasteiger partial charge is 0.399 e. The number of fused-ring (bicyclic) bond motifs is 1. The third kappa shape index (κ3) is 1.95. The van der Waals surface area contributed by atoms with E-state index in [-0.39, 0.29) is 18.3 Å². The number of hydrogen-bond acceptors (Lipinski definition) is 2. The van der Waals surface area contributed by atoms with Crippen LogP contribution in [0.2, 0.25) is 0 Å². The van der Waals surface area contributed by atoms with Crippen molar-refractivity contribution in [3.05, 3.63) is 28.8 Å². The minimum absolute atomic E-state index is 0.226. The van der Waals surface area contributed by atoms with Crippen LogP contribution < -0.4 is 5.46 Å². The molecule has 0 atom stereocenters. The zero-order chi connectivity index (χ0) is 13.8. The Kier molecular flexibility index (Phi) is 2.85. The Morgan fingerprint density at radius 1 is 1.00 bits per heavy atom. The summed E-state index contributed by atoms with van der Waals surface area (Å²) in [6.07, 6.45) is 3.71. The van der Waals surface area contributed by atoms with Crippen LogP contribution in [0.25, 0.3) is 0 Å². The van der Waals surface area contributed by atoms with Gasteiger partial charge in [0, 0.05) is 0 Å². The Morgan fingerprint density at radius 3 is 2.26 bits per heavy atom. The molecule has 1 fully saturated rings. The van der Waals surface area contributed by atoms with E-state index in [0.717, 1.165) is 0 Å². The molecule has 0 aromatic heterocycles. The first kappa shape index (κ1) is 13.2. The molecule has 3 rings (SSSR count). The Morgan fingerprint density at radius 2 is 1.63 bits per heavy atom. The first-order chi connectivity index (χ1) is 8.82. The zero-order valence-electron chi connectivity index (χ0n) is 12.7. The van der Waals surface area contributed by atoms with Crippen LogP contribution in [0.15, 0.2) is 12.1 Å². The molecule has 0 radical (unpaired) electrons. The van der Waals surface area contributed by atoms with Crippen molar-refractivity contribution in [1.29, 1.82) is 0 Å². The Bertz CT molecular complexity index is 504. The van der Waals surface area contributed by atoms with Gasteiger partial charge in [-0.05, 0) is 76.0 Å². The van der Waals surface area contributed by atoms with Gasteiger partial charge in [0.2, 0.25) is 0 Å². The van der Waals surface area contributed by atoms with Gasteiger partial charge in [-0.2, -0.15) is 0 Å². The molecular weight excluding hydrogens is 235 g/mol. The SMILES string of the molecule is Cc1c(B2OC(C)(C)C(C)(C)O2)ccc2c1CCC2. The average Bonchev–Trinajstić information content (AvgIpc) is 2.83. The molecule has 0 saturated carbocycles. The van der Waals surface area contributed by atoms with E-state index in [9.17, 15) is 0 Å². The summed E-state index contributed by atoms with van der Waals surface area (Å²) < 4.78 is 12.3. The topological polar surface area (TPSA) is 18.5 Å². The van der Waals surface area contributed by atoms with Crippen molar-refractivity contribution < 1.29 is 9.31 Å². The van der Waals surface area contributed by atoms with Gasteiger partial charge >= 0.3 is 7.12 Å². The molecule has 3 heteroatoms. The lowest BCUT2D eigenvalue weighted by Gasteiger charge is -2.32.